The van der Waals surface area contributed by atoms with E-state index < -0.39 is 6.10 Å². The van der Waals surface area contributed by atoms with Crippen molar-refractivity contribution in [3.05, 3.63) is 59.4 Å². The molecule has 21 heavy (non-hydrogen) atoms. The van der Waals surface area contributed by atoms with Crippen molar-refractivity contribution in [3.63, 3.8) is 0 Å². The molecule has 0 amide bonds. The Kier molecular flexibility index (Phi) is 3.80. The smallest absolute Gasteiger partial charge is 0.137 e. The number of ether oxygens (including phenoxy) is 2. The Morgan fingerprint density at radius 1 is 1.33 bits per heavy atom. The van der Waals surface area contributed by atoms with Crippen molar-refractivity contribution in [2.75, 3.05) is 6.61 Å². The van der Waals surface area contributed by atoms with Crippen LogP contribution in [0.25, 0.3) is 0 Å². The van der Waals surface area contributed by atoms with Crippen molar-refractivity contribution in [3.8, 4) is 11.5 Å². The van der Waals surface area contributed by atoms with Gasteiger partial charge in [-0.25, -0.2) is 4.39 Å². The lowest BCUT2D eigenvalue weighted by atomic mass is 10.1. The van der Waals surface area contributed by atoms with Gasteiger partial charge < -0.3 is 14.6 Å². The van der Waals surface area contributed by atoms with Crippen molar-refractivity contribution in [1.82, 2.24) is 0 Å². The van der Waals surface area contributed by atoms with E-state index in [1.165, 1.54) is 12.1 Å². The second-order valence-corrected chi connectivity index (χ2v) is 5.22. The highest BCUT2D eigenvalue weighted by Crippen LogP contribution is 2.30. The summed E-state index contributed by atoms with van der Waals surface area (Å²) in [6.45, 7) is 2.06. The summed E-state index contributed by atoms with van der Waals surface area (Å²) in [5, 5.41) is 9.72. The summed E-state index contributed by atoms with van der Waals surface area (Å²) in [5.41, 5.74) is 1.62. The fourth-order valence-electron chi connectivity index (χ4n) is 2.52. The predicted molar refractivity (Wildman–Crippen MR) is 77.1 cm³/mol. The number of hydrogen-bond acceptors (Lipinski definition) is 3. The fourth-order valence-corrected chi connectivity index (χ4v) is 2.52. The van der Waals surface area contributed by atoms with Gasteiger partial charge in [-0.05, 0) is 31.2 Å². The molecule has 2 aromatic rings. The molecule has 0 saturated carbocycles. The lowest BCUT2D eigenvalue weighted by Crippen LogP contribution is -2.22. The topological polar surface area (TPSA) is 38.7 Å². The van der Waals surface area contributed by atoms with Crippen molar-refractivity contribution in [2.45, 2.75) is 25.6 Å². The molecular formula is C17H17FO3. The number of rotatable bonds is 4. The third-order valence-electron chi connectivity index (χ3n) is 3.56. The molecule has 3 rings (SSSR count). The van der Waals surface area contributed by atoms with E-state index in [-0.39, 0.29) is 11.9 Å². The van der Waals surface area contributed by atoms with Crippen LogP contribution in [0, 0.1) is 5.82 Å². The number of halogens is 1. The molecule has 1 heterocycles. The lowest BCUT2D eigenvalue weighted by molar-refractivity contribution is 0.141. The molecule has 1 aliphatic heterocycles. The molecule has 0 radical (unpaired) electrons. The van der Waals surface area contributed by atoms with Crippen molar-refractivity contribution >= 4 is 0 Å². The third-order valence-corrected chi connectivity index (χ3v) is 3.56. The van der Waals surface area contributed by atoms with E-state index in [2.05, 4.69) is 0 Å². The molecule has 0 saturated heterocycles. The van der Waals surface area contributed by atoms with Gasteiger partial charge in [0, 0.05) is 17.5 Å². The first-order valence-electron chi connectivity index (χ1n) is 6.98. The van der Waals surface area contributed by atoms with Crippen LogP contribution < -0.4 is 9.47 Å². The van der Waals surface area contributed by atoms with Gasteiger partial charge >= 0.3 is 0 Å². The second-order valence-electron chi connectivity index (χ2n) is 5.22. The lowest BCUT2D eigenvalue weighted by Gasteiger charge is -2.16. The molecule has 3 nitrogen and oxygen atoms in total. The number of fused-ring (bicyclic) bond motifs is 1. The standard InChI is InChI=1S/C17H17FO3/c1-11(19)15-4-2-3-5-17(15)20-10-14-9-12-8-13(18)6-7-16(12)21-14/h2-8,11,14,19H,9-10H2,1H3/t11-,14?/m1/s1. The van der Waals surface area contributed by atoms with Gasteiger partial charge in [-0.15, -0.1) is 0 Å². The number of para-hydroxylation sites is 1. The van der Waals surface area contributed by atoms with Gasteiger partial charge in [0.15, 0.2) is 0 Å². The third kappa shape index (κ3) is 3.00. The molecular weight excluding hydrogens is 271 g/mol. The molecule has 0 aliphatic carbocycles. The Bertz CT molecular complexity index is 640. The minimum absolute atomic E-state index is 0.135. The average molecular weight is 288 g/mol. The highest BCUT2D eigenvalue weighted by atomic mass is 19.1. The van der Waals surface area contributed by atoms with Gasteiger partial charge in [-0.2, -0.15) is 0 Å². The van der Waals surface area contributed by atoms with Crippen LogP contribution in [0.3, 0.4) is 0 Å². The summed E-state index contributed by atoms with van der Waals surface area (Å²) in [4.78, 5) is 0. The first-order valence-corrected chi connectivity index (χ1v) is 6.98. The molecule has 0 bridgehead atoms. The van der Waals surface area contributed by atoms with Crippen molar-refractivity contribution in [2.24, 2.45) is 0 Å². The summed E-state index contributed by atoms with van der Waals surface area (Å²) in [7, 11) is 0. The molecule has 1 N–H and O–H groups in total. The first-order chi connectivity index (χ1) is 10.1. The molecule has 4 heteroatoms. The molecule has 0 fully saturated rings. The first kappa shape index (κ1) is 13.9. The molecule has 1 unspecified atom stereocenters. The van der Waals surface area contributed by atoms with E-state index in [0.717, 1.165) is 11.1 Å². The molecule has 2 atom stereocenters. The number of aliphatic hydroxyl groups is 1. The fraction of sp³-hybridized carbons (Fsp3) is 0.294. The highest BCUT2D eigenvalue weighted by Gasteiger charge is 2.24. The van der Waals surface area contributed by atoms with Crippen molar-refractivity contribution < 1.29 is 19.0 Å². The van der Waals surface area contributed by atoms with E-state index in [0.29, 0.717) is 24.5 Å². The largest absolute Gasteiger partial charge is 0.489 e. The van der Waals surface area contributed by atoms with Crippen LogP contribution in [0.4, 0.5) is 4.39 Å². The molecule has 0 spiro atoms. The second kappa shape index (κ2) is 5.74. The van der Waals surface area contributed by atoms with Gasteiger partial charge in [0.2, 0.25) is 0 Å². The zero-order chi connectivity index (χ0) is 14.8. The SMILES string of the molecule is C[C@@H](O)c1ccccc1OCC1Cc2cc(F)ccc2O1. The summed E-state index contributed by atoms with van der Waals surface area (Å²) in [6.07, 6.45) is -0.0925. The van der Waals surface area contributed by atoms with E-state index in [1.807, 2.05) is 24.3 Å². The minimum Gasteiger partial charge on any atom is -0.489 e. The molecule has 2 aromatic carbocycles. The number of hydrogen-bond donors (Lipinski definition) is 1. The zero-order valence-electron chi connectivity index (χ0n) is 11.8. The van der Waals surface area contributed by atoms with Crippen LogP contribution >= 0.6 is 0 Å². The normalized spacial score (nSPS) is 18.0. The predicted octanol–water partition coefficient (Wildman–Crippen LogP) is 3.26. The monoisotopic (exact) mass is 288 g/mol. The number of aliphatic hydroxyl groups excluding tert-OH is 1. The Labute approximate surface area is 122 Å². The molecule has 110 valence electrons. The van der Waals surface area contributed by atoms with Crippen molar-refractivity contribution in [1.29, 1.82) is 0 Å². The average Bonchev–Trinajstić information content (AvgIpc) is 2.87. The van der Waals surface area contributed by atoms with E-state index in [9.17, 15) is 9.50 Å². The zero-order valence-corrected chi connectivity index (χ0v) is 11.8. The Balaban J connectivity index is 1.65. The maximum Gasteiger partial charge on any atom is 0.137 e. The Morgan fingerprint density at radius 2 is 2.14 bits per heavy atom. The summed E-state index contributed by atoms with van der Waals surface area (Å²) < 4.78 is 24.7. The van der Waals surface area contributed by atoms with E-state index in [1.54, 1.807) is 13.0 Å². The van der Waals surface area contributed by atoms with Gasteiger partial charge in [-0.3, -0.25) is 0 Å². The Morgan fingerprint density at radius 3 is 2.95 bits per heavy atom. The van der Waals surface area contributed by atoms with Crippen LogP contribution in [-0.4, -0.2) is 17.8 Å². The van der Waals surface area contributed by atoms with Crippen LogP contribution in [0.5, 0.6) is 11.5 Å². The van der Waals surface area contributed by atoms with Gasteiger partial charge in [0.1, 0.15) is 30.0 Å². The van der Waals surface area contributed by atoms with Gasteiger partial charge in [-0.1, -0.05) is 18.2 Å². The summed E-state index contributed by atoms with van der Waals surface area (Å²) in [5.74, 6) is 1.12. The minimum atomic E-state index is -0.586. The highest BCUT2D eigenvalue weighted by molar-refractivity contribution is 5.38. The van der Waals surface area contributed by atoms with Crippen LogP contribution in [-0.2, 0) is 6.42 Å². The summed E-state index contributed by atoms with van der Waals surface area (Å²) in [6, 6.07) is 11.9. The van der Waals surface area contributed by atoms with Crippen LogP contribution in [0.1, 0.15) is 24.2 Å². The quantitative estimate of drug-likeness (QED) is 0.938. The molecule has 1 aliphatic rings. The van der Waals surface area contributed by atoms with Gasteiger partial charge in [0.25, 0.3) is 0 Å². The molecule has 0 aromatic heterocycles. The maximum absolute atomic E-state index is 13.2. The van der Waals surface area contributed by atoms with Gasteiger partial charge in [0.05, 0.1) is 6.10 Å². The Hall–Kier alpha value is -2.07. The maximum atomic E-state index is 13.2. The van der Waals surface area contributed by atoms with Crippen LogP contribution in [0.2, 0.25) is 0 Å². The summed E-state index contributed by atoms with van der Waals surface area (Å²) >= 11 is 0. The number of benzene rings is 2. The van der Waals surface area contributed by atoms with E-state index >= 15 is 0 Å². The van der Waals surface area contributed by atoms with E-state index in [4.69, 9.17) is 9.47 Å². The van der Waals surface area contributed by atoms with Crippen LogP contribution in [0.15, 0.2) is 42.5 Å².